The van der Waals surface area contributed by atoms with Crippen LogP contribution in [-0.4, -0.2) is 52.7 Å². The van der Waals surface area contributed by atoms with Gasteiger partial charge in [0.1, 0.15) is 5.82 Å². The second-order valence-corrected chi connectivity index (χ2v) is 11.5. The third-order valence-corrected chi connectivity index (χ3v) is 7.43. The predicted molar refractivity (Wildman–Crippen MR) is 142 cm³/mol. The van der Waals surface area contributed by atoms with Gasteiger partial charge in [-0.3, -0.25) is 14.6 Å². The monoisotopic (exact) mass is 535 g/mol. The molecule has 1 unspecified atom stereocenters. The second kappa shape index (κ2) is 9.22. The van der Waals surface area contributed by atoms with Crippen molar-refractivity contribution >= 4 is 56.2 Å². The molecule has 0 spiro atoms. The van der Waals surface area contributed by atoms with Crippen molar-refractivity contribution in [2.24, 2.45) is 11.3 Å². The average molecular weight is 536 g/mol. The van der Waals surface area contributed by atoms with Crippen LogP contribution in [0.3, 0.4) is 0 Å². The van der Waals surface area contributed by atoms with E-state index in [-0.39, 0.29) is 23.2 Å². The zero-order valence-corrected chi connectivity index (χ0v) is 21.9. The van der Waals surface area contributed by atoms with Gasteiger partial charge in [-0.25, -0.2) is 4.98 Å². The Hall–Kier alpha value is -3.00. The molecule has 1 saturated carbocycles. The van der Waals surface area contributed by atoms with Crippen molar-refractivity contribution in [1.82, 2.24) is 14.9 Å². The third-order valence-electron chi connectivity index (χ3n) is 6.94. The fourth-order valence-corrected chi connectivity index (χ4v) is 5.11. The van der Waals surface area contributed by atoms with Gasteiger partial charge in [0.15, 0.2) is 5.78 Å². The normalized spacial score (nSPS) is 18.6. The maximum absolute atomic E-state index is 13.0. The smallest absolute Gasteiger partial charge is 0.210 e. The molecule has 2 aromatic heterocycles. The van der Waals surface area contributed by atoms with Crippen molar-refractivity contribution in [3.05, 3.63) is 52.8 Å². The fourth-order valence-electron chi connectivity index (χ4n) is 4.75. The summed E-state index contributed by atoms with van der Waals surface area (Å²) in [5.74, 6) is 1.13. The van der Waals surface area contributed by atoms with E-state index in [1.165, 1.54) is 0 Å². The van der Waals surface area contributed by atoms with E-state index in [0.717, 1.165) is 64.9 Å². The van der Waals surface area contributed by atoms with Gasteiger partial charge < -0.3 is 15.1 Å². The average Bonchev–Trinajstić information content (AvgIpc) is 3.69. The molecule has 1 aromatic carbocycles. The number of fused-ring (bicyclic) bond motifs is 1. The van der Waals surface area contributed by atoms with Gasteiger partial charge in [-0.2, -0.15) is 0 Å². The highest BCUT2D eigenvalue weighted by atomic mass is 79.9. The Bertz CT molecular complexity index is 1270. The van der Waals surface area contributed by atoms with E-state index < -0.39 is 0 Å². The van der Waals surface area contributed by atoms with Gasteiger partial charge in [0.25, 0.3) is 0 Å². The number of rotatable bonds is 6. The van der Waals surface area contributed by atoms with Crippen LogP contribution in [0, 0.1) is 11.3 Å². The molecule has 182 valence electrons. The number of benzene rings is 1. The molecule has 1 N–H and O–H groups in total. The van der Waals surface area contributed by atoms with Crippen LogP contribution >= 0.6 is 15.9 Å². The molecular weight excluding hydrogens is 506 g/mol. The van der Waals surface area contributed by atoms with Crippen LogP contribution in [-0.2, 0) is 4.79 Å². The molecule has 1 aliphatic carbocycles. The molecule has 2 fully saturated rings. The number of hydrogen-bond acceptors (Lipinski definition) is 6. The Kier molecular flexibility index (Phi) is 6.25. The van der Waals surface area contributed by atoms with Gasteiger partial charge in [0.2, 0.25) is 6.41 Å². The molecule has 35 heavy (non-hydrogen) atoms. The van der Waals surface area contributed by atoms with E-state index >= 15 is 0 Å². The lowest BCUT2D eigenvalue weighted by Crippen LogP contribution is -2.57. The standard InChI is InChI=1S/C27H30BrN5O2/c1-27(2,3)23-15-32(10-11-33(23)16-34)24-9-7-19(13-30-24)31-25-20-12-18(28)6-8-22(20)29-14-21(25)26(35)17-4-5-17/h6-9,12-14,16-17,23H,4-5,10-11,15H2,1-3H3,(H,29,31). The van der Waals surface area contributed by atoms with Crippen LogP contribution in [0.25, 0.3) is 10.9 Å². The van der Waals surface area contributed by atoms with E-state index in [4.69, 9.17) is 4.98 Å². The number of amides is 1. The number of ketones is 1. The molecule has 0 bridgehead atoms. The molecule has 3 heterocycles. The fraction of sp³-hybridized carbons (Fsp3) is 0.407. The molecule has 8 heteroatoms. The molecule has 3 aromatic rings. The Balaban J connectivity index is 1.42. The quantitative estimate of drug-likeness (QED) is 0.335. The number of anilines is 3. The summed E-state index contributed by atoms with van der Waals surface area (Å²) in [4.78, 5) is 38.0. The van der Waals surface area contributed by atoms with Crippen LogP contribution < -0.4 is 10.2 Å². The largest absolute Gasteiger partial charge is 0.353 e. The van der Waals surface area contributed by atoms with Crippen LogP contribution in [0.15, 0.2) is 47.2 Å². The van der Waals surface area contributed by atoms with E-state index in [2.05, 4.69) is 51.9 Å². The topological polar surface area (TPSA) is 78.4 Å². The Morgan fingerprint density at radius 2 is 1.91 bits per heavy atom. The molecule has 7 nitrogen and oxygen atoms in total. The van der Waals surface area contributed by atoms with E-state index in [1.54, 1.807) is 6.20 Å². The first-order chi connectivity index (χ1) is 16.7. The van der Waals surface area contributed by atoms with Crippen LogP contribution in [0.1, 0.15) is 44.0 Å². The highest BCUT2D eigenvalue weighted by Gasteiger charge is 2.35. The maximum Gasteiger partial charge on any atom is 0.210 e. The zero-order valence-electron chi connectivity index (χ0n) is 20.3. The van der Waals surface area contributed by atoms with Gasteiger partial charge in [0, 0.05) is 41.6 Å². The van der Waals surface area contributed by atoms with E-state index in [1.807, 2.05) is 41.4 Å². The highest BCUT2D eigenvalue weighted by Crippen LogP contribution is 2.38. The lowest BCUT2D eigenvalue weighted by atomic mass is 9.84. The molecule has 1 amide bonds. The second-order valence-electron chi connectivity index (χ2n) is 10.5. The molecule has 5 rings (SSSR count). The number of pyridine rings is 2. The molecular formula is C27H30BrN5O2. The first-order valence-corrected chi connectivity index (χ1v) is 12.9. The minimum absolute atomic E-state index is 0.0255. The van der Waals surface area contributed by atoms with Gasteiger partial charge >= 0.3 is 0 Å². The number of piperazine rings is 1. The van der Waals surface area contributed by atoms with Gasteiger partial charge in [-0.05, 0) is 48.6 Å². The van der Waals surface area contributed by atoms with Crippen LogP contribution in [0.4, 0.5) is 17.2 Å². The van der Waals surface area contributed by atoms with Crippen molar-refractivity contribution in [2.45, 2.75) is 39.7 Å². The molecule has 1 atom stereocenters. The third kappa shape index (κ3) is 4.89. The summed E-state index contributed by atoms with van der Waals surface area (Å²) in [7, 11) is 0. The van der Waals surface area contributed by atoms with Gasteiger partial charge in [-0.1, -0.05) is 36.7 Å². The number of nitrogens with one attached hydrogen (secondary N) is 1. The SMILES string of the molecule is CC(C)(C)C1CN(c2ccc(Nc3c(C(=O)C4CC4)cnc4ccc(Br)cc34)cn2)CCN1C=O. The number of carbonyl (C=O) groups is 2. The summed E-state index contributed by atoms with van der Waals surface area (Å²) in [6, 6.07) is 10.0. The highest BCUT2D eigenvalue weighted by molar-refractivity contribution is 9.10. The molecule has 1 aliphatic heterocycles. The van der Waals surface area contributed by atoms with Gasteiger partial charge in [-0.15, -0.1) is 0 Å². The first-order valence-electron chi connectivity index (χ1n) is 12.1. The Morgan fingerprint density at radius 3 is 2.57 bits per heavy atom. The Morgan fingerprint density at radius 1 is 1.11 bits per heavy atom. The zero-order chi connectivity index (χ0) is 24.7. The summed E-state index contributed by atoms with van der Waals surface area (Å²) in [5, 5.41) is 4.36. The number of aromatic nitrogens is 2. The predicted octanol–water partition coefficient (Wildman–Crippen LogP) is 5.42. The summed E-state index contributed by atoms with van der Waals surface area (Å²) < 4.78 is 0.933. The van der Waals surface area contributed by atoms with Crippen LogP contribution in [0.5, 0.6) is 0 Å². The lowest BCUT2D eigenvalue weighted by Gasteiger charge is -2.46. The van der Waals surface area contributed by atoms with E-state index in [9.17, 15) is 9.59 Å². The summed E-state index contributed by atoms with van der Waals surface area (Å²) >= 11 is 3.55. The number of nitrogens with zero attached hydrogens (tertiary/aromatic N) is 4. The minimum Gasteiger partial charge on any atom is -0.353 e. The molecule has 1 saturated heterocycles. The Labute approximate surface area is 214 Å². The maximum atomic E-state index is 13.0. The summed E-state index contributed by atoms with van der Waals surface area (Å²) in [5.41, 5.74) is 3.01. The van der Waals surface area contributed by atoms with Crippen molar-refractivity contribution in [3.8, 4) is 0 Å². The van der Waals surface area contributed by atoms with Gasteiger partial charge in [0.05, 0.1) is 34.7 Å². The minimum atomic E-state index is -0.0255. The number of hydrogen-bond donors (Lipinski definition) is 1. The number of halogens is 1. The van der Waals surface area contributed by atoms with Crippen molar-refractivity contribution in [3.63, 3.8) is 0 Å². The van der Waals surface area contributed by atoms with Crippen LogP contribution in [0.2, 0.25) is 0 Å². The van der Waals surface area contributed by atoms with E-state index in [0.29, 0.717) is 12.1 Å². The molecule has 0 radical (unpaired) electrons. The first kappa shape index (κ1) is 23.7. The lowest BCUT2D eigenvalue weighted by molar-refractivity contribution is -0.122. The number of Topliss-reactive ketones (excluding diaryl/α,β-unsaturated/α-hetero) is 1. The number of carbonyl (C=O) groups excluding carboxylic acids is 2. The summed E-state index contributed by atoms with van der Waals surface area (Å²) in [6.07, 6.45) is 6.35. The van der Waals surface area contributed by atoms with Crippen molar-refractivity contribution in [2.75, 3.05) is 29.9 Å². The van der Waals surface area contributed by atoms with Crippen molar-refractivity contribution in [1.29, 1.82) is 0 Å². The summed E-state index contributed by atoms with van der Waals surface area (Å²) in [6.45, 7) is 8.65. The van der Waals surface area contributed by atoms with Crippen molar-refractivity contribution < 1.29 is 9.59 Å². The molecule has 2 aliphatic rings.